The Morgan fingerprint density at radius 3 is 1.30 bits per heavy atom. The van der Waals surface area contributed by atoms with E-state index >= 15 is 0 Å². The maximum absolute atomic E-state index is 13.6. The molecule has 10 heterocycles. The van der Waals surface area contributed by atoms with Gasteiger partial charge in [-0.3, -0.25) is 29.4 Å². The van der Waals surface area contributed by atoms with Gasteiger partial charge in [0.25, 0.3) is 29.5 Å². The molecule has 11 aromatic rings. The zero-order valence-electron chi connectivity index (χ0n) is 58.8. The highest BCUT2D eigenvalue weighted by Gasteiger charge is 2.27. The van der Waals surface area contributed by atoms with Crippen molar-refractivity contribution < 1.29 is 59.9 Å². The first-order chi connectivity index (χ1) is 53.5. The molecule has 0 saturated carbocycles. The first kappa shape index (κ1) is 84.6. The lowest BCUT2D eigenvalue weighted by Crippen LogP contribution is -2.18. The van der Waals surface area contributed by atoms with Gasteiger partial charge >= 0.3 is 0 Å². The van der Waals surface area contributed by atoms with Gasteiger partial charge in [-0.15, -0.1) is 0 Å². The van der Waals surface area contributed by atoms with Crippen LogP contribution in [0.15, 0.2) is 252 Å². The Kier molecular flexibility index (Phi) is 28.9. The van der Waals surface area contributed by atoms with Gasteiger partial charge in [0.1, 0.15) is 87.9 Å². The third kappa shape index (κ3) is 23.6. The number of amides is 5. The van der Waals surface area contributed by atoms with Crippen molar-refractivity contribution in [2.24, 2.45) is 10.7 Å². The molecule has 5 amide bonds. The first-order valence-corrected chi connectivity index (χ1v) is 39.1. The van der Waals surface area contributed by atoms with E-state index in [4.69, 9.17) is 98.8 Å². The minimum absolute atomic E-state index is 0. The number of nitrogens with one attached hydrogen (secondary N) is 5. The molecule has 10 N–H and O–H groups in total. The van der Waals surface area contributed by atoms with Crippen LogP contribution in [0.5, 0.6) is 5.75 Å². The van der Waals surface area contributed by atoms with Crippen LogP contribution in [0.25, 0.3) is 87.0 Å². The number of carbonyl (C=O) groups is 5. The molecule has 0 radical (unpaired) electrons. The van der Waals surface area contributed by atoms with Gasteiger partial charge in [-0.1, -0.05) is 202 Å². The van der Waals surface area contributed by atoms with Crippen LogP contribution in [-0.2, 0) is 29.4 Å². The van der Waals surface area contributed by atoms with Crippen molar-refractivity contribution in [3.05, 3.63) is 286 Å². The largest absolute Gasteiger partial charge is 0.506 e. The zero-order valence-corrected chi connectivity index (χ0v) is 66.9. The third-order valence-corrected chi connectivity index (χ3v) is 21.1. The third-order valence-electron chi connectivity index (χ3n) is 15.4. The number of anilines is 1. The monoisotopic (exact) mass is 1700 g/mol. The molecule has 4 saturated heterocycles. The summed E-state index contributed by atoms with van der Waals surface area (Å²) in [4.78, 5) is 63.7. The predicted octanol–water partition coefficient (Wildman–Crippen LogP) is 21.1. The Morgan fingerprint density at radius 1 is 0.469 bits per heavy atom. The molecule has 0 unspecified atom stereocenters. The fourth-order valence-electron chi connectivity index (χ4n) is 10.1. The van der Waals surface area contributed by atoms with Gasteiger partial charge in [0, 0.05) is 57.7 Å². The highest BCUT2D eigenvalue weighted by molar-refractivity contribution is 8.27. The lowest BCUT2D eigenvalue weighted by atomic mass is 9.87. The Balaban J connectivity index is 0.000000144. The molecule has 19 nitrogen and oxygen atoms in total. The second kappa shape index (κ2) is 38.6. The van der Waals surface area contributed by atoms with Crippen LogP contribution in [0, 0.1) is 24.0 Å². The smallest absolute Gasteiger partial charge is 0.286 e. The van der Waals surface area contributed by atoms with Gasteiger partial charge in [0.15, 0.2) is 10.3 Å². The number of phenols is 1. The topological polar surface area (TPSA) is 308 Å². The number of furan rings is 5. The lowest BCUT2D eigenvalue weighted by molar-refractivity contribution is -0.116. The van der Waals surface area contributed by atoms with Gasteiger partial charge in [-0.05, 0) is 169 Å². The summed E-state index contributed by atoms with van der Waals surface area (Å²) in [6, 6.07) is 58.4. The highest BCUT2D eigenvalue weighted by atomic mass is 35.5. The fourth-order valence-corrected chi connectivity index (χ4v) is 14.9. The first-order valence-electron chi connectivity index (χ1n) is 33.0. The molecule has 0 atom stereocenters. The van der Waals surface area contributed by atoms with Crippen LogP contribution in [0.3, 0.4) is 0 Å². The van der Waals surface area contributed by atoms with Crippen LogP contribution in [0.4, 0.5) is 14.5 Å². The summed E-state index contributed by atoms with van der Waals surface area (Å²) < 4.78 is 56.3. The number of nitrogens with zero attached hydrogens (tertiary/aromatic N) is 1. The van der Waals surface area contributed by atoms with Crippen molar-refractivity contribution >= 4 is 208 Å². The second-order valence-corrected chi connectivity index (χ2v) is 32.8. The number of phenolic OH excluding ortho intramolecular Hbond substituents is 1. The summed E-state index contributed by atoms with van der Waals surface area (Å²) in [6.07, 6.45) is 8.15. The Hall–Kier alpha value is -10.8. The molecule has 4 fully saturated rings. The quantitative estimate of drug-likeness (QED) is 0.0273. The molecular formula is C82H64Cl2F2N8O11S8. The van der Waals surface area contributed by atoms with Gasteiger partial charge in [0.05, 0.1) is 40.8 Å². The van der Waals surface area contributed by atoms with E-state index in [-0.39, 0.29) is 70.1 Å². The number of aryl methyl sites for hydroxylation is 1. The van der Waals surface area contributed by atoms with Crippen LogP contribution in [-0.4, -0.2) is 57.9 Å². The van der Waals surface area contributed by atoms with Gasteiger partial charge in [0.2, 0.25) is 0 Å². The zero-order chi connectivity index (χ0) is 79.9. The number of hydrogen-bond acceptors (Lipinski definition) is 22. The highest BCUT2D eigenvalue weighted by Crippen LogP contribution is 2.37. The summed E-state index contributed by atoms with van der Waals surface area (Å²) in [5.41, 5.74) is 17.6. The van der Waals surface area contributed by atoms with Gasteiger partial charge in [-0.2, -0.15) is 4.99 Å². The Bertz CT molecular complexity index is 5500. The molecule has 0 spiro atoms. The standard InChI is InChI=1S/C15H12N2O2S.C14H9ClN2O2S.C14H8ClNO2S2.2C14H8FNO2S2.C10H15NO.CH4/c1-9-3-2-4-10(7-9)12-6-5-11(19-12)8-13-14(18)17-15(16)20-13;15-9-3-1-2-8(6-9)11-5-4-10(19-11)7-12-13(18)17-14(16)20-12;15-10-4-2-1-3-9(10)11-6-5-8(18-11)7-12-13(17)16-14(19)20-12;15-9-3-1-2-8(6-9)11-5-4-10(18-11)7-12-13(17)16-14(19)20-12;15-10-4-2-1-3-9(10)11-6-5-8(18-11)7-12-13(17)16-14(19)20-12;1-10(2,3)7-4-5-9(12)8(11)6-7;/h2-8H,1H3,(H2,16,17,18);1-7H,(H2,16,17,18);3*1-7H,(H,16,17,19);4-6,12H,11H2,1-3H3;1H4/b13-8-;4*12-7-;;. The number of aliphatic imine (C=N–C) groups is 1. The van der Waals surface area contributed by atoms with E-state index in [1.165, 1.54) is 53.5 Å². The van der Waals surface area contributed by atoms with Crippen molar-refractivity contribution in [1.82, 2.24) is 21.3 Å². The minimum Gasteiger partial charge on any atom is -0.506 e. The van der Waals surface area contributed by atoms with Crippen LogP contribution < -0.4 is 32.7 Å². The normalized spacial score (nSPS) is 16.1. The number of carbonyl (C=O) groups excluding carboxylic acids is 5. The molecule has 6 aromatic carbocycles. The van der Waals surface area contributed by atoms with Gasteiger partial charge < -0.3 is 59.9 Å². The van der Waals surface area contributed by atoms with Crippen molar-refractivity contribution in [2.75, 3.05) is 5.73 Å². The molecule has 5 aliphatic rings. The minimum atomic E-state index is -0.352. The fraction of sp³-hybridized carbons (Fsp3) is 0.0732. The second-order valence-electron chi connectivity index (χ2n) is 24.7. The number of thioether (sulfide) groups is 5. The number of halogens is 4. The molecule has 0 aliphatic carbocycles. The van der Waals surface area contributed by atoms with Gasteiger partial charge in [-0.25, -0.2) is 8.78 Å². The average molecular weight is 1700 g/mol. The van der Waals surface area contributed by atoms with E-state index in [0.29, 0.717) is 116 Å². The van der Waals surface area contributed by atoms with Crippen LogP contribution in [0.1, 0.15) is 68.1 Å². The molecule has 113 heavy (non-hydrogen) atoms. The summed E-state index contributed by atoms with van der Waals surface area (Å²) in [5.74, 6) is 4.03. The summed E-state index contributed by atoms with van der Waals surface area (Å²) >= 11 is 32.6. The van der Waals surface area contributed by atoms with E-state index in [1.807, 2.05) is 104 Å². The maximum atomic E-state index is 13.6. The number of aromatic hydroxyl groups is 1. The number of benzene rings is 6. The molecule has 5 aromatic heterocycles. The van der Waals surface area contributed by atoms with E-state index in [0.717, 1.165) is 57.1 Å². The van der Waals surface area contributed by atoms with Crippen molar-refractivity contribution in [3.63, 3.8) is 0 Å². The molecule has 16 rings (SSSR count). The van der Waals surface area contributed by atoms with E-state index in [2.05, 4.69) is 47.0 Å². The van der Waals surface area contributed by atoms with E-state index < -0.39 is 0 Å². The van der Waals surface area contributed by atoms with E-state index in [9.17, 15) is 37.9 Å². The lowest BCUT2D eigenvalue weighted by Gasteiger charge is -2.19. The summed E-state index contributed by atoms with van der Waals surface area (Å²) in [6.45, 7) is 8.36. The number of hydrogen-bond donors (Lipinski definition) is 8. The number of rotatable bonds is 10. The average Bonchev–Trinajstić information content (AvgIpc) is 1.83. The number of nitrogens with two attached hydrogens (primary N) is 2. The Morgan fingerprint density at radius 2 is 0.885 bits per heavy atom. The number of nitrogen functional groups attached to an aromatic ring is 1. The molecule has 31 heteroatoms. The molecule has 5 aliphatic heterocycles. The van der Waals surface area contributed by atoms with Crippen molar-refractivity contribution in [1.29, 1.82) is 5.41 Å². The number of thiocarbonyl (C=S) groups is 3. The van der Waals surface area contributed by atoms with Crippen molar-refractivity contribution in [2.45, 2.75) is 40.5 Å². The van der Waals surface area contributed by atoms with Crippen LogP contribution >= 0.6 is 119 Å². The SMILES string of the molecule is C.CC(C)(C)c1ccc(O)c(N)c1.Cc1cccc(-c2ccc(/C=C3\SC(=N)NC3=O)o2)c1.NC1=NC(=O)/C(=C/c2ccc(-c3cccc(Cl)c3)o2)S1.O=C1NC(=S)S/C1=C\c1ccc(-c2cccc(F)c2)o1.O=C1NC(=S)S/C1=C\c1ccc(-c2ccccc2Cl)o1.O=C1NC(=S)S/C1=C\c1ccc(-c2ccccc2F)o1. The maximum Gasteiger partial charge on any atom is 0.286 e. The van der Waals surface area contributed by atoms with Crippen LogP contribution in [0.2, 0.25) is 10.0 Å². The number of amidine groups is 2. The van der Waals surface area contributed by atoms with Crippen molar-refractivity contribution in [3.8, 4) is 62.4 Å². The van der Waals surface area contributed by atoms with E-state index in [1.54, 1.807) is 115 Å². The predicted molar refractivity (Wildman–Crippen MR) is 466 cm³/mol. The summed E-state index contributed by atoms with van der Waals surface area (Å²) in [5, 5.41) is 28.3. The Labute approximate surface area is 694 Å². The molecule has 0 bridgehead atoms. The molecular weight excluding hydrogens is 1640 g/mol. The molecule has 574 valence electrons. The summed E-state index contributed by atoms with van der Waals surface area (Å²) in [7, 11) is 0.